The standard InChI is InChI=1S/C25H42O2/c1-19(14-18-27-23-10-6-7-17-26-23)13-16-25(5)20(2)11-12-21-22(25)9-8-15-24(21,3)4/h9,14,20-21,23H,6-8,10-13,15-18H2,1-5H3/b19-14+/t20?,21-,23?,25-/m0/s1. The second-order valence-electron chi connectivity index (χ2n) is 10.3. The van der Waals surface area contributed by atoms with Gasteiger partial charge in [-0.25, -0.2) is 0 Å². The van der Waals surface area contributed by atoms with Gasteiger partial charge in [-0.15, -0.1) is 0 Å². The van der Waals surface area contributed by atoms with Crippen LogP contribution in [0, 0.1) is 22.7 Å². The van der Waals surface area contributed by atoms with Crippen molar-refractivity contribution in [2.45, 2.75) is 98.7 Å². The quantitative estimate of drug-likeness (QED) is 0.463. The van der Waals surface area contributed by atoms with Crippen molar-refractivity contribution in [3.05, 3.63) is 23.3 Å². The van der Waals surface area contributed by atoms with E-state index >= 15 is 0 Å². The lowest BCUT2D eigenvalue weighted by atomic mass is 9.52. The maximum absolute atomic E-state index is 5.89. The number of fused-ring (bicyclic) bond motifs is 1. The Labute approximate surface area is 167 Å². The van der Waals surface area contributed by atoms with Crippen LogP contribution in [0.4, 0.5) is 0 Å². The number of ether oxygens (including phenoxy) is 2. The first kappa shape index (κ1) is 21.1. The summed E-state index contributed by atoms with van der Waals surface area (Å²) < 4.78 is 11.6. The molecule has 2 heteroatoms. The Kier molecular flexibility index (Phi) is 6.90. The minimum atomic E-state index is 0.0223. The number of hydrogen-bond acceptors (Lipinski definition) is 2. The first-order valence-corrected chi connectivity index (χ1v) is 11.4. The Hall–Kier alpha value is -0.600. The maximum Gasteiger partial charge on any atom is 0.157 e. The van der Waals surface area contributed by atoms with Crippen LogP contribution >= 0.6 is 0 Å². The van der Waals surface area contributed by atoms with E-state index in [0.717, 1.165) is 24.9 Å². The third kappa shape index (κ3) is 4.88. The first-order valence-electron chi connectivity index (χ1n) is 11.4. The lowest BCUT2D eigenvalue weighted by Crippen LogP contribution is -2.43. The summed E-state index contributed by atoms with van der Waals surface area (Å²) in [6.45, 7) is 13.9. The molecule has 2 unspecified atom stereocenters. The second kappa shape index (κ2) is 8.82. The number of rotatable bonds is 6. The van der Waals surface area contributed by atoms with Crippen LogP contribution in [0.15, 0.2) is 23.3 Å². The van der Waals surface area contributed by atoms with E-state index in [4.69, 9.17) is 9.47 Å². The van der Waals surface area contributed by atoms with Crippen molar-refractivity contribution in [2.24, 2.45) is 22.7 Å². The van der Waals surface area contributed by atoms with E-state index in [1.54, 1.807) is 5.57 Å². The molecule has 1 aliphatic heterocycles. The Morgan fingerprint density at radius 2 is 2.04 bits per heavy atom. The average molecular weight is 375 g/mol. The summed E-state index contributed by atoms with van der Waals surface area (Å²) >= 11 is 0. The Morgan fingerprint density at radius 3 is 2.78 bits per heavy atom. The smallest absolute Gasteiger partial charge is 0.157 e. The van der Waals surface area contributed by atoms with Crippen LogP contribution in [0.3, 0.4) is 0 Å². The molecule has 0 aromatic rings. The van der Waals surface area contributed by atoms with Gasteiger partial charge in [0.25, 0.3) is 0 Å². The zero-order valence-electron chi connectivity index (χ0n) is 18.5. The fraction of sp³-hybridized carbons (Fsp3) is 0.840. The maximum atomic E-state index is 5.89. The molecule has 2 fully saturated rings. The van der Waals surface area contributed by atoms with Gasteiger partial charge in [0.1, 0.15) is 0 Å². The molecule has 1 saturated carbocycles. The Morgan fingerprint density at radius 1 is 1.22 bits per heavy atom. The highest BCUT2D eigenvalue weighted by molar-refractivity contribution is 5.26. The van der Waals surface area contributed by atoms with E-state index in [0.29, 0.717) is 17.4 Å². The molecule has 1 heterocycles. The van der Waals surface area contributed by atoms with Gasteiger partial charge >= 0.3 is 0 Å². The van der Waals surface area contributed by atoms with Crippen LogP contribution in [0.5, 0.6) is 0 Å². The van der Waals surface area contributed by atoms with Crippen LogP contribution in [-0.4, -0.2) is 19.5 Å². The van der Waals surface area contributed by atoms with Gasteiger partial charge in [-0.2, -0.15) is 0 Å². The summed E-state index contributed by atoms with van der Waals surface area (Å²) in [6, 6.07) is 0. The van der Waals surface area contributed by atoms with Gasteiger partial charge in [0.2, 0.25) is 0 Å². The molecule has 0 radical (unpaired) electrons. The molecule has 154 valence electrons. The Bertz CT molecular complexity index is 553. The molecule has 0 aromatic carbocycles. The van der Waals surface area contributed by atoms with Crippen molar-refractivity contribution in [3.8, 4) is 0 Å². The normalized spacial score (nSPS) is 36.9. The summed E-state index contributed by atoms with van der Waals surface area (Å²) in [5, 5.41) is 0. The SMILES string of the molecule is C/C(=C\COC1CCCCO1)CC[C@]1(C)C2=CCCC(C)(C)[C@H]2CCC1C. The molecule has 2 nitrogen and oxygen atoms in total. The monoisotopic (exact) mass is 374 g/mol. The largest absolute Gasteiger partial charge is 0.353 e. The van der Waals surface area contributed by atoms with E-state index in [2.05, 4.69) is 46.8 Å². The van der Waals surface area contributed by atoms with Crippen LogP contribution < -0.4 is 0 Å². The molecule has 0 amide bonds. The summed E-state index contributed by atoms with van der Waals surface area (Å²) in [5.74, 6) is 1.58. The van der Waals surface area contributed by atoms with E-state index in [-0.39, 0.29) is 6.29 Å². The van der Waals surface area contributed by atoms with Crippen LogP contribution in [0.2, 0.25) is 0 Å². The summed E-state index contributed by atoms with van der Waals surface area (Å²) in [4.78, 5) is 0. The summed E-state index contributed by atoms with van der Waals surface area (Å²) in [7, 11) is 0. The topological polar surface area (TPSA) is 18.5 Å². The summed E-state index contributed by atoms with van der Waals surface area (Å²) in [5.41, 5.74) is 4.10. The third-order valence-electron chi connectivity index (χ3n) is 8.00. The van der Waals surface area contributed by atoms with Gasteiger partial charge in [-0.3, -0.25) is 0 Å². The van der Waals surface area contributed by atoms with E-state index < -0.39 is 0 Å². The number of allylic oxidation sites excluding steroid dienone is 3. The molecule has 1 saturated heterocycles. The fourth-order valence-corrected chi connectivity index (χ4v) is 5.62. The van der Waals surface area contributed by atoms with Crippen molar-refractivity contribution < 1.29 is 9.47 Å². The molecular weight excluding hydrogens is 332 g/mol. The third-order valence-corrected chi connectivity index (χ3v) is 8.00. The van der Waals surface area contributed by atoms with E-state index in [9.17, 15) is 0 Å². The van der Waals surface area contributed by atoms with Crippen molar-refractivity contribution >= 4 is 0 Å². The highest BCUT2D eigenvalue weighted by atomic mass is 16.7. The summed E-state index contributed by atoms with van der Waals surface area (Å²) in [6.07, 6.45) is 16.2. The fourth-order valence-electron chi connectivity index (χ4n) is 5.62. The number of hydrogen-bond donors (Lipinski definition) is 0. The minimum Gasteiger partial charge on any atom is -0.353 e. The van der Waals surface area contributed by atoms with Gasteiger partial charge in [0.15, 0.2) is 6.29 Å². The van der Waals surface area contributed by atoms with Crippen molar-refractivity contribution in [2.75, 3.05) is 13.2 Å². The molecule has 0 aromatic heterocycles. The predicted molar refractivity (Wildman–Crippen MR) is 114 cm³/mol. The Balaban J connectivity index is 1.57. The molecule has 3 aliphatic rings. The van der Waals surface area contributed by atoms with Gasteiger partial charge in [0.05, 0.1) is 6.61 Å². The van der Waals surface area contributed by atoms with Gasteiger partial charge in [-0.05, 0) is 87.4 Å². The zero-order chi connectivity index (χ0) is 19.5. The molecule has 27 heavy (non-hydrogen) atoms. The van der Waals surface area contributed by atoms with Crippen LogP contribution in [0.1, 0.15) is 92.4 Å². The van der Waals surface area contributed by atoms with E-state index in [1.165, 1.54) is 56.9 Å². The first-order chi connectivity index (χ1) is 12.8. The molecule has 0 bridgehead atoms. The van der Waals surface area contributed by atoms with E-state index in [1.807, 2.05) is 0 Å². The minimum absolute atomic E-state index is 0.0223. The predicted octanol–water partition coefficient (Wildman–Crippen LogP) is 7.05. The van der Waals surface area contributed by atoms with Crippen molar-refractivity contribution in [3.63, 3.8) is 0 Å². The molecule has 2 aliphatic carbocycles. The van der Waals surface area contributed by atoms with Crippen molar-refractivity contribution in [1.82, 2.24) is 0 Å². The van der Waals surface area contributed by atoms with Gasteiger partial charge in [-0.1, -0.05) is 51.0 Å². The molecule has 3 rings (SSSR count). The van der Waals surface area contributed by atoms with Crippen LogP contribution in [0.25, 0.3) is 0 Å². The van der Waals surface area contributed by atoms with Gasteiger partial charge < -0.3 is 9.47 Å². The highest BCUT2D eigenvalue weighted by Crippen LogP contribution is 2.58. The van der Waals surface area contributed by atoms with Crippen molar-refractivity contribution in [1.29, 1.82) is 0 Å². The molecule has 4 atom stereocenters. The lowest BCUT2D eigenvalue weighted by Gasteiger charge is -2.53. The van der Waals surface area contributed by atoms with Crippen LogP contribution in [-0.2, 0) is 9.47 Å². The second-order valence-corrected chi connectivity index (χ2v) is 10.3. The highest BCUT2D eigenvalue weighted by Gasteiger charge is 2.47. The zero-order valence-corrected chi connectivity index (χ0v) is 18.5. The average Bonchev–Trinajstić information content (AvgIpc) is 2.64. The molecular formula is C25H42O2. The lowest BCUT2D eigenvalue weighted by molar-refractivity contribution is -0.155. The van der Waals surface area contributed by atoms with Gasteiger partial charge in [0, 0.05) is 6.61 Å². The molecule has 0 spiro atoms. The molecule has 0 N–H and O–H groups in total.